The molecule has 0 fully saturated rings. The van der Waals surface area contributed by atoms with Crippen LogP contribution < -0.4 is 9.80 Å². The van der Waals surface area contributed by atoms with Crippen LogP contribution in [-0.4, -0.2) is 18.4 Å². The maximum absolute atomic E-state index is 13.3. The van der Waals surface area contributed by atoms with Gasteiger partial charge in [0.25, 0.3) is 0 Å². The summed E-state index contributed by atoms with van der Waals surface area (Å²) in [5.41, 5.74) is 0.459. The summed E-state index contributed by atoms with van der Waals surface area (Å²) in [7, 11) is 0. The summed E-state index contributed by atoms with van der Waals surface area (Å²) in [5, 5.41) is 9.14. The third-order valence-corrected chi connectivity index (χ3v) is 5.38. The number of nitriles is 1. The maximum atomic E-state index is 13.3. The van der Waals surface area contributed by atoms with Crippen LogP contribution in [0.2, 0.25) is 5.02 Å². The van der Waals surface area contributed by atoms with Crippen LogP contribution in [0.25, 0.3) is 0 Å². The fourth-order valence-corrected chi connectivity index (χ4v) is 3.94. The van der Waals surface area contributed by atoms with Crippen LogP contribution in [0.5, 0.6) is 0 Å². The van der Waals surface area contributed by atoms with Gasteiger partial charge in [-0.1, -0.05) is 17.7 Å². The van der Waals surface area contributed by atoms with Gasteiger partial charge in [-0.3, -0.25) is 14.6 Å². The molecule has 9 heteroatoms. The highest BCUT2D eigenvalue weighted by Crippen LogP contribution is 2.40. The normalized spacial score (nSPS) is 16.8. The van der Waals surface area contributed by atoms with Crippen molar-refractivity contribution in [3.8, 4) is 6.07 Å². The summed E-state index contributed by atoms with van der Waals surface area (Å²) in [6, 6.07) is 10.1. The molecule has 2 amide bonds. The average Bonchev–Trinajstić information content (AvgIpc) is 3.07. The molecule has 0 saturated carbocycles. The number of urea groups is 1. The molecule has 0 aromatic heterocycles. The van der Waals surface area contributed by atoms with E-state index in [1.54, 1.807) is 0 Å². The van der Waals surface area contributed by atoms with Crippen LogP contribution in [-0.2, 0) is 11.0 Å². The van der Waals surface area contributed by atoms with Crippen molar-refractivity contribution in [2.24, 2.45) is 0 Å². The number of halogens is 4. The summed E-state index contributed by atoms with van der Waals surface area (Å²) < 4.78 is 39.6. The lowest BCUT2D eigenvalue weighted by Gasteiger charge is -2.37. The Bertz CT molecular complexity index is 1150. The minimum atomic E-state index is -4.58. The Balaban J connectivity index is 1.83. The molecule has 0 radical (unpaired) electrons. The van der Waals surface area contributed by atoms with E-state index in [1.165, 1.54) is 35.2 Å². The van der Waals surface area contributed by atoms with E-state index >= 15 is 0 Å². The number of hydrogen-bond acceptors (Lipinski definition) is 3. The number of benzene rings is 2. The molecule has 5 nitrogen and oxygen atoms in total. The summed E-state index contributed by atoms with van der Waals surface area (Å²) >= 11 is 6.25. The topological polar surface area (TPSA) is 64.4 Å². The third-order valence-electron chi connectivity index (χ3n) is 5.08. The number of hydrogen-bond donors (Lipinski definition) is 0. The molecule has 0 unspecified atom stereocenters. The van der Waals surface area contributed by atoms with Gasteiger partial charge in [-0.25, -0.2) is 4.79 Å². The second-order valence-corrected chi connectivity index (χ2v) is 7.29. The third kappa shape index (κ3) is 3.31. The first-order valence-corrected chi connectivity index (χ1v) is 9.32. The molecular formula is C21H13ClF3N3O2. The molecule has 1 aliphatic heterocycles. The number of ketones is 1. The Morgan fingerprint density at radius 1 is 1.07 bits per heavy atom. The van der Waals surface area contributed by atoms with E-state index in [0.717, 1.165) is 17.0 Å². The predicted octanol–water partition coefficient (Wildman–Crippen LogP) is 5.29. The van der Waals surface area contributed by atoms with Crippen molar-refractivity contribution >= 4 is 34.8 Å². The van der Waals surface area contributed by atoms with E-state index < -0.39 is 17.8 Å². The Hall–Kier alpha value is -3.31. The highest BCUT2D eigenvalue weighted by Gasteiger charge is 2.41. The molecule has 1 aliphatic carbocycles. The van der Waals surface area contributed by atoms with E-state index in [9.17, 15) is 22.8 Å². The number of carbonyl (C=O) groups is 2. The monoisotopic (exact) mass is 431 g/mol. The summed E-state index contributed by atoms with van der Waals surface area (Å²) in [6.07, 6.45) is -4.12. The minimum Gasteiger partial charge on any atom is -0.294 e. The van der Waals surface area contributed by atoms with Crippen molar-refractivity contribution in [2.45, 2.75) is 19.0 Å². The number of anilines is 2. The van der Waals surface area contributed by atoms with Gasteiger partial charge in [-0.15, -0.1) is 0 Å². The minimum absolute atomic E-state index is 0.0199. The molecule has 0 saturated heterocycles. The molecule has 2 aromatic rings. The molecule has 0 bridgehead atoms. The number of carbonyl (C=O) groups excluding carboxylic acids is 2. The molecular weight excluding hydrogens is 419 g/mol. The fraction of sp³-hybridized carbons (Fsp3) is 0.190. The van der Waals surface area contributed by atoms with Gasteiger partial charge in [-0.2, -0.15) is 18.4 Å². The van der Waals surface area contributed by atoms with Crippen molar-refractivity contribution in [3.63, 3.8) is 0 Å². The van der Waals surface area contributed by atoms with Crippen molar-refractivity contribution < 1.29 is 22.8 Å². The highest BCUT2D eigenvalue weighted by atomic mass is 35.5. The van der Waals surface area contributed by atoms with Crippen LogP contribution in [0.1, 0.15) is 24.0 Å². The van der Waals surface area contributed by atoms with Gasteiger partial charge in [0.05, 0.1) is 40.1 Å². The lowest BCUT2D eigenvalue weighted by Crippen LogP contribution is -2.48. The van der Waals surface area contributed by atoms with Crippen LogP contribution in [0.15, 0.2) is 53.7 Å². The molecule has 2 aliphatic rings. The number of nitrogens with zero attached hydrogens (tertiary/aromatic N) is 3. The van der Waals surface area contributed by atoms with Gasteiger partial charge in [0, 0.05) is 17.7 Å². The standard InChI is InChI=1S/C21H13ClF3N3O2/c22-16-8-12(10-26)4-5-18(16)27-11-15-17(6-7-19(15)29)28(20(27)30)14-3-1-2-13(9-14)21(23,24)25/h1-5,8-9H,6-7,11H2. The molecule has 0 atom stereocenters. The van der Waals surface area contributed by atoms with E-state index in [0.29, 0.717) is 16.8 Å². The van der Waals surface area contributed by atoms with E-state index in [4.69, 9.17) is 16.9 Å². The first-order chi connectivity index (χ1) is 14.2. The van der Waals surface area contributed by atoms with Crippen molar-refractivity contribution in [1.82, 2.24) is 0 Å². The zero-order valence-corrected chi connectivity index (χ0v) is 16.1. The Morgan fingerprint density at radius 2 is 1.83 bits per heavy atom. The average molecular weight is 432 g/mol. The Kier molecular flexibility index (Phi) is 4.79. The highest BCUT2D eigenvalue weighted by molar-refractivity contribution is 6.34. The zero-order chi connectivity index (χ0) is 21.6. The van der Waals surface area contributed by atoms with E-state index in [1.807, 2.05) is 6.07 Å². The largest absolute Gasteiger partial charge is 0.416 e. The van der Waals surface area contributed by atoms with Crippen LogP contribution in [0.3, 0.4) is 0 Å². The molecule has 152 valence electrons. The van der Waals surface area contributed by atoms with E-state index in [-0.39, 0.29) is 41.6 Å². The van der Waals surface area contributed by atoms with Gasteiger partial charge >= 0.3 is 12.2 Å². The van der Waals surface area contributed by atoms with E-state index in [2.05, 4.69) is 0 Å². The number of alkyl halides is 3. The first-order valence-electron chi connectivity index (χ1n) is 8.94. The lowest BCUT2D eigenvalue weighted by molar-refractivity contribution is -0.137. The quantitative estimate of drug-likeness (QED) is 0.648. The molecule has 4 rings (SSSR count). The summed E-state index contributed by atoms with van der Waals surface area (Å²) in [6.45, 7) is -0.0336. The van der Waals surface area contributed by atoms with Crippen molar-refractivity contribution in [1.29, 1.82) is 5.26 Å². The second kappa shape index (κ2) is 7.18. The van der Waals surface area contributed by atoms with Crippen LogP contribution >= 0.6 is 11.6 Å². The van der Waals surface area contributed by atoms with Gasteiger partial charge in [0.2, 0.25) is 0 Å². The molecule has 0 spiro atoms. The Morgan fingerprint density at radius 3 is 2.50 bits per heavy atom. The fourth-order valence-electron chi connectivity index (χ4n) is 3.65. The SMILES string of the molecule is N#Cc1ccc(N2CC3=C(CCC3=O)N(c3cccc(C(F)(F)F)c3)C2=O)c(Cl)c1. The summed E-state index contributed by atoms with van der Waals surface area (Å²) in [4.78, 5) is 28.1. The number of allylic oxidation sites excluding steroid dienone is 1. The van der Waals surface area contributed by atoms with Crippen LogP contribution in [0.4, 0.5) is 29.3 Å². The summed E-state index contributed by atoms with van der Waals surface area (Å²) in [5.74, 6) is -0.163. The van der Waals surface area contributed by atoms with Crippen molar-refractivity contribution in [2.75, 3.05) is 16.3 Å². The van der Waals surface area contributed by atoms with Crippen LogP contribution in [0, 0.1) is 11.3 Å². The number of Topliss-reactive ketones (excluding diaryl/α,β-unsaturated/α-hetero) is 1. The lowest BCUT2D eigenvalue weighted by atomic mass is 10.1. The first kappa shape index (κ1) is 20.0. The number of rotatable bonds is 2. The Labute approximate surface area is 174 Å². The van der Waals surface area contributed by atoms with Gasteiger partial charge in [-0.05, 0) is 42.8 Å². The second-order valence-electron chi connectivity index (χ2n) is 6.88. The van der Waals surface area contributed by atoms with Gasteiger partial charge in [0.1, 0.15) is 0 Å². The maximum Gasteiger partial charge on any atom is 0.416 e. The molecule has 0 N–H and O–H groups in total. The van der Waals surface area contributed by atoms with Gasteiger partial charge < -0.3 is 0 Å². The smallest absolute Gasteiger partial charge is 0.294 e. The molecule has 1 heterocycles. The predicted molar refractivity (Wildman–Crippen MR) is 104 cm³/mol. The molecule has 2 aromatic carbocycles. The van der Waals surface area contributed by atoms with Crippen molar-refractivity contribution in [3.05, 3.63) is 69.9 Å². The molecule has 30 heavy (non-hydrogen) atoms. The van der Waals surface area contributed by atoms with Gasteiger partial charge in [0.15, 0.2) is 5.78 Å². The zero-order valence-electron chi connectivity index (χ0n) is 15.3. The number of amides is 2.